The van der Waals surface area contributed by atoms with Crippen molar-refractivity contribution in [2.45, 2.75) is 90.0 Å². The van der Waals surface area contributed by atoms with Gasteiger partial charge in [-0.2, -0.15) is 0 Å². The van der Waals surface area contributed by atoms with E-state index in [0.29, 0.717) is 6.42 Å². The minimum Gasteiger partial charge on any atom is -0.481 e. The molecule has 0 aromatic heterocycles. The normalized spacial score (nSPS) is 11.9. The van der Waals surface area contributed by atoms with Crippen LogP contribution in [0.5, 0.6) is 0 Å². The molecule has 0 saturated carbocycles. The van der Waals surface area contributed by atoms with E-state index in [2.05, 4.69) is 12.2 Å². The molecule has 134 valence electrons. The number of carbonyl (C=O) groups is 3. The van der Waals surface area contributed by atoms with Crippen molar-refractivity contribution in [1.29, 1.82) is 0 Å². The molecule has 0 bridgehead atoms. The fourth-order valence-electron chi connectivity index (χ4n) is 2.43. The molecule has 4 N–H and O–H groups in total. The van der Waals surface area contributed by atoms with Crippen molar-refractivity contribution in [1.82, 2.24) is 5.32 Å². The van der Waals surface area contributed by atoms with Crippen LogP contribution in [0.4, 0.5) is 0 Å². The number of unbranched alkanes of at least 4 members (excludes halogenated alkanes) is 8. The number of nitrogens with one attached hydrogen (secondary N) is 1. The lowest BCUT2D eigenvalue weighted by atomic mass is 10.0. The Kier molecular flexibility index (Phi) is 13.1. The molecule has 0 radical (unpaired) electrons. The van der Waals surface area contributed by atoms with Crippen molar-refractivity contribution in [2.75, 3.05) is 0 Å². The van der Waals surface area contributed by atoms with Crippen LogP contribution in [0.2, 0.25) is 0 Å². The lowest BCUT2D eigenvalue weighted by Gasteiger charge is -2.15. The second-order valence-electron chi connectivity index (χ2n) is 6.03. The largest absolute Gasteiger partial charge is 0.481 e. The topological polar surface area (TPSA) is 109 Å². The van der Waals surface area contributed by atoms with Gasteiger partial charge in [0.25, 0.3) is 0 Å². The van der Waals surface area contributed by atoms with E-state index in [1.807, 2.05) is 0 Å². The SMILES string of the molecule is CCCCCCCCCCCC(NC(=O)CCC(=O)O)C(N)=O. The first-order chi connectivity index (χ1) is 11.0. The molecule has 0 aromatic carbocycles. The van der Waals surface area contributed by atoms with Gasteiger partial charge in [0.15, 0.2) is 0 Å². The molecule has 0 saturated heterocycles. The summed E-state index contributed by atoms with van der Waals surface area (Å²) in [6, 6.07) is -0.694. The number of primary amides is 1. The molecule has 0 fully saturated rings. The first kappa shape index (κ1) is 21.4. The van der Waals surface area contributed by atoms with Crippen molar-refractivity contribution in [3.05, 3.63) is 0 Å². The van der Waals surface area contributed by atoms with Crippen LogP contribution in [0.3, 0.4) is 0 Å². The van der Waals surface area contributed by atoms with Gasteiger partial charge < -0.3 is 16.2 Å². The van der Waals surface area contributed by atoms with E-state index in [4.69, 9.17) is 10.8 Å². The van der Waals surface area contributed by atoms with Crippen LogP contribution in [0.1, 0.15) is 84.0 Å². The zero-order chi connectivity index (χ0) is 17.5. The Morgan fingerprint density at radius 1 is 0.913 bits per heavy atom. The molecule has 1 atom stereocenters. The molecular formula is C17H32N2O4. The van der Waals surface area contributed by atoms with Crippen LogP contribution < -0.4 is 11.1 Å². The van der Waals surface area contributed by atoms with Crippen LogP contribution in [-0.4, -0.2) is 28.9 Å². The molecule has 1 unspecified atom stereocenters. The van der Waals surface area contributed by atoms with Gasteiger partial charge in [-0.3, -0.25) is 14.4 Å². The standard InChI is InChI=1S/C17H32N2O4/c1-2-3-4-5-6-7-8-9-10-11-14(17(18)23)19-15(20)12-13-16(21)22/h14H,2-13H2,1H3,(H2,18,23)(H,19,20)(H,21,22). The van der Waals surface area contributed by atoms with Gasteiger partial charge in [-0.05, 0) is 6.42 Å². The molecule has 0 aliphatic carbocycles. The van der Waals surface area contributed by atoms with E-state index >= 15 is 0 Å². The second kappa shape index (κ2) is 14.0. The number of carboxylic acids is 1. The molecule has 0 aliphatic heterocycles. The molecule has 0 heterocycles. The smallest absolute Gasteiger partial charge is 0.303 e. The highest BCUT2D eigenvalue weighted by atomic mass is 16.4. The molecule has 0 spiro atoms. The van der Waals surface area contributed by atoms with Crippen molar-refractivity contribution in [2.24, 2.45) is 5.73 Å². The number of rotatable bonds is 15. The molecule has 6 nitrogen and oxygen atoms in total. The van der Waals surface area contributed by atoms with E-state index in [1.54, 1.807) is 0 Å². The minimum atomic E-state index is -1.03. The highest BCUT2D eigenvalue weighted by Crippen LogP contribution is 2.11. The summed E-state index contributed by atoms with van der Waals surface area (Å²) >= 11 is 0. The summed E-state index contributed by atoms with van der Waals surface area (Å²) in [7, 11) is 0. The number of hydrogen-bond acceptors (Lipinski definition) is 3. The fraction of sp³-hybridized carbons (Fsp3) is 0.824. The second-order valence-corrected chi connectivity index (χ2v) is 6.03. The fourth-order valence-corrected chi connectivity index (χ4v) is 2.43. The van der Waals surface area contributed by atoms with Crippen LogP contribution in [-0.2, 0) is 14.4 Å². The Hall–Kier alpha value is -1.59. The summed E-state index contributed by atoms with van der Waals surface area (Å²) in [6.45, 7) is 2.20. The van der Waals surface area contributed by atoms with Crippen molar-refractivity contribution >= 4 is 17.8 Å². The number of carbonyl (C=O) groups excluding carboxylic acids is 2. The van der Waals surface area contributed by atoms with Crippen LogP contribution in [0.25, 0.3) is 0 Å². The Morgan fingerprint density at radius 2 is 1.43 bits per heavy atom. The number of aliphatic carboxylic acids is 1. The van der Waals surface area contributed by atoms with Crippen molar-refractivity contribution in [3.63, 3.8) is 0 Å². The minimum absolute atomic E-state index is 0.128. The maximum absolute atomic E-state index is 11.5. The Morgan fingerprint density at radius 3 is 1.91 bits per heavy atom. The number of hydrogen-bond donors (Lipinski definition) is 3. The molecule has 2 amide bonds. The molecule has 0 rings (SSSR count). The monoisotopic (exact) mass is 328 g/mol. The van der Waals surface area contributed by atoms with Gasteiger partial charge in [-0.15, -0.1) is 0 Å². The highest BCUT2D eigenvalue weighted by Gasteiger charge is 2.17. The van der Waals surface area contributed by atoms with Crippen molar-refractivity contribution < 1.29 is 19.5 Å². The zero-order valence-electron chi connectivity index (χ0n) is 14.3. The van der Waals surface area contributed by atoms with E-state index in [-0.39, 0.29) is 12.8 Å². The van der Waals surface area contributed by atoms with Gasteiger partial charge in [-0.1, -0.05) is 64.7 Å². The quantitative estimate of drug-likeness (QED) is 0.401. The molecule has 6 heteroatoms. The summed E-state index contributed by atoms with van der Waals surface area (Å²) in [5, 5.41) is 11.0. The van der Waals surface area contributed by atoms with Gasteiger partial charge in [0.2, 0.25) is 11.8 Å². The average Bonchev–Trinajstić information content (AvgIpc) is 2.49. The maximum Gasteiger partial charge on any atom is 0.303 e. The maximum atomic E-state index is 11.5. The lowest BCUT2D eigenvalue weighted by Crippen LogP contribution is -2.44. The lowest BCUT2D eigenvalue weighted by molar-refractivity contribution is -0.139. The van der Waals surface area contributed by atoms with Gasteiger partial charge in [0.05, 0.1) is 6.42 Å². The van der Waals surface area contributed by atoms with Crippen LogP contribution in [0, 0.1) is 0 Å². The van der Waals surface area contributed by atoms with Gasteiger partial charge in [-0.25, -0.2) is 0 Å². The van der Waals surface area contributed by atoms with Gasteiger partial charge >= 0.3 is 5.97 Å². The highest BCUT2D eigenvalue weighted by molar-refractivity contribution is 5.87. The summed E-state index contributed by atoms with van der Waals surface area (Å²) in [5.74, 6) is -2.03. The number of nitrogens with two attached hydrogens (primary N) is 1. The third-order valence-electron chi connectivity index (χ3n) is 3.84. The third kappa shape index (κ3) is 13.8. The van der Waals surface area contributed by atoms with Gasteiger partial charge in [0, 0.05) is 6.42 Å². The van der Waals surface area contributed by atoms with E-state index in [9.17, 15) is 14.4 Å². The Balaban J connectivity index is 3.74. The average molecular weight is 328 g/mol. The predicted octanol–water partition coefficient (Wildman–Crippen LogP) is 2.74. The first-order valence-electron chi connectivity index (χ1n) is 8.77. The van der Waals surface area contributed by atoms with Crippen LogP contribution in [0.15, 0.2) is 0 Å². The van der Waals surface area contributed by atoms with E-state index in [0.717, 1.165) is 19.3 Å². The molecule has 0 aliphatic rings. The third-order valence-corrected chi connectivity index (χ3v) is 3.84. The number of amides is 2. The predicted molar refractivity (Wildman–Crippen MR) is 89.8 cm³/mol. The summed E-state index contributed by atoms with van der Waals surface area (Å²) in [5.41, 5.74) is 5.28. The molecular weight excluding hydrogens is 296 g/mol. The molecule has 23 heavy (non-hydrogen) atoms. The van der Waals surface area contributed by atoms with Crippen molar-refractivity contribution in [3.8, 4) is 0 Å². The zero-order valence-corrected chi connectivity index (χ0v) is 14.3. The Bertz CT molecular complexity index is 359. The van der Waals surface area contributed by atoms with Gasteiger partial charge in [0.1, 0.15) is 6.04 Å². The first-order valence-corrected chi connectivity index (χ1v) is 8.77. The Labute approximate surface area is 139 Å². The summed E-state index contributed by atoms with van der Waals surface area (Å²) in [4.78, 5) is 33.3. The number of carboxylic acid groups (broad SMARTS) is 1. The van der Waals surface area contributed by atoms with Crippen LogP contribution >= 0.6 is 0 Å². The van der Waals surface area contributed by atoms with E-state index < -0.39 is 23.8 Å². The molecule has 0 aromatic rings. The summed E-state index contributed by atoms with van der Waals surface area (Å²) < 4.78 is 0. The van der Waals surface area contributed by atoms with E-state index in [1.165, 1.54) is 38.5 Å². The summed E-state index contributed by atoms with van der Waals surface area (Å²) in [6.07, 6.45) is 10.8.